The molecule has 1 fully saturated rings. The molecule has 0 spiro atoms. The number of carbonyl (C=O) groups is 1. The van der Waals surface area contributed by atoms with Gasteiger partial charge in [-0.2, -0.15) is 18.2 Å². The largest absolute Gasteiger partial charge is 0.417 e. The van der Waals surface area contributed by atoms with Gasteiger partial charge >= 0.3 is 11.9 Å². The third kappa shape index (κ3) is 6.29. The zero-order valence-corrected chi connectivity index (χ0v) is 25.7. The molecule has 0 saturated carbocycles. The van der Waals surface area contributed by atoms with Crippen LogP contribution in [0.5, 0.6) is 0 Å². The number of thiophene rings is 1. The van der Waals surface area contributed by atoms with Crippen molar-refractivity contribution in [3.05, 3.63) is 76.0 Å². The molecule has 43 heavy (non-hydrogen) atoms. The molecule has 1 amide bonds. The molecule has 3 aromatic heterocycles. The number of anilines is 1. The molecular formula is C29H28ClF3N6O2S2. The van der Waals surface area contributed by atoms with Crippen LogP contribution in [0.2, 0.25) is 5.02 Å². The van der Waals surface area contributed by atoms with Crippen molar-refractivity contribution in [1.29, 1.82) is 0 Å². The van der Waals surface area contributed by atoms with Crippen LogP contribution in [0, 0.1) is 0 Å². The fourth-order valence-corrected chi connectivity index (χ4v) is 7.98. The van der Waals surface area contributed by atoms with Crippen molar-refractivity contribution in [3.63, 3.8) is 0 Å². The number of alkyl halides is 3. The van der Waals surface area contributed by atoms with Gasteiger partial charge in [0, 0.05) is 82.6 Å². The number of thioether (sulfide) groups is 1. The van der Waals surface area contributed by atoms with Gasteiger partial charge in [-0.15, -0.1) is 23.1 Å². The fraction of sp³-hybridized carbons (Fsp3) is 0.345. The summed E-state index contributed by atoms with van der Waals surface area (Å²) in [6, 6.07) is 2.15. The summed E-state index contributed by atoms with van der Waals surface area (Å²) in [5.74, 6) is 0.566. The Kier molecular flexibility index (Phi) is 9.14. The number of carbonyl (C=O) groups excluding carboxylic acids is 1. The van der Waals surface area contributed by atoms with E-state index in [1.165, 1.54) is 28.5 Å². The van der Waals surface area contributed by atoms with E-state index in [4.69, 9.17) is 11.6 Å². The summed E-state index contributed by atoms with van der Waals surface area (Å²) in [5.41, 5.74) is -0.754. The maximum atomic E-state index is 14.6. The summed E-state index contributed by atoms with van der Waals surface area (Å²) in [7, 11) is 0. The number of halogens is 4. The second-order valence-corrected chi connectivity index (χ2v) is 12.6. The molecule has 2 aliphatic rings. The van der Waals surface area contributed by atoms with Gasteiger partial charge in [-0.3, -0.25) is 19.3 Å². The molecule has 6 rings (SSSR count). The minimum atomic E-state index is -4.64. The molecule has 0 N–H and O–H groups in total. The van der Waals surface area contributed by atoms with Gasteiger partial charge in [0.15, 0.2) is 0 Å². The van der Waals surface area contributed by atoms with Crippen LogP contribution in [0.3, 0.4) is 0 Å². The third-order valence-electron chi connectivity index (χ3n) is 7.22. The Morgan fingerprint density at radius 3 is 2.30 bits per heavy atom. The van der Waals surface area contributed by atoms with Crippen molar-refractivity contribution in [2.75, 3.05) is 23.7 Å². The van der Waals surface area contributed by atoms with Crippen LogP contribution in [0.25, 0.3) is 21.3 Å². The topological polar surface area (TPSA) is 84.2 Å². The molecule has 0 bridgehead atoms. The number of aryl methyl sites for hydroxylation is 1. The molecule has 1 aromatic carbocycles. The van der Waals surface area contributed by atoms with Crippen molar-refractivity contribution in [2.24, 2.45) is 0 Å². The van der Waals surface area contributed by atoms with Crippen molar-refractivity contribution in [1.82, 2.24) is 24.4 Å². The maximum absolute atomic E-state index is 14.6. The first kappa shape index (κ1) is 31.0. The highest BCUT2D eigenvalue weighted by Gasteiger charge is 2.39. The Morgan fingerprint density at radius 1 is 1.12 bits per heavy atom. The normalized spacial score (nSPS) is 18.6. The van der Waals surface area contributed by atoms with Gasteiger partial charge in [-0.25, -0.2) is 4.79 Å². The number of piperazine rings is 1. The second kappa shape index (κ2) is 12.7. The standard InChI is InChI=1S/C25H24ClF3N4O2S2.C4H4N2/c1-4-19(34)33-13(2)10-31(11-14(33)3)23-16-9-17(25(27,28)29)20(18-8-15(26)12-37-18)22-21(16)32(24(35)30-23)6-5-7-36-22;1-2-6-4-3-5-1/h4,8-9,12-14H,1,5-7,10-11H2,2-3H3;1-4H. The molecule has 0 aliphatic carbocycles. The van der Waals surface area contributed by atoms with E-state index >= 15 is 0 Å². The van der Waals surface area contributed by atoms with Gasteiger partial charge in [0.05, 0.1) is 16.1 Å². The van der Waals surface area contributed by atoms with E-state index in [9.17, 15) is 22.8 Å². The average molecular weight is 649 g/mol. The van der Waals surface area contributed by atoms with Crippen molar-refractivity contribution >= 4 is 57.3 Å². The third-order valence-corrected chi connectivity index (χ3v) is 9.69. The zero-order valence-electron chi connectivity index (χ0n) is 23.3. The predicted octanol–water partition coefficient (Wildman–Crippen LogP) is 6.38. The van der Waals surface area contributed by atoms with Crippen LogP contribution in [0.15, 0.2) is 64.6 Å². The van der Waals surface area contributed by atoms with Gasteiger partial charge in [-0.1, -0.05) is 18.2 Å². The van der Waals surface area contributed by atoms with Gasteiger partial charge in [0.2, 0.25) is 5.91 Å². The van der Waals surface area contributed by atoms with E-state index in [0.29, 0.717) is 52.1 Å². The van der Waals surface area contributed by atoms with Gasteiger partial charge in [0.1, 0.15) is 5.82 Å². The molecule has 0 radical (unpaired) electrons. The summed E-state index contributed by atoms with van der Waals surface area (Å²) >= 11 is 8.58. The Hall–Kier alpha value is -3.42. The van der Waals surface area contributed by atoms with Crippen LogP contribution in [0.1, 0.15) is 25.8 Å². The summed E-state index contributed by atoms with van der Waals surface area (Å²) in [4.78, 5) is 41.8. The van der Waals surface area contributed by atoms with E-state index in [1.807, 2.05) is 18.7 Å². The van der Waals surface area contributed by atoms with E-state index in [2.05, 4.69) is 21.5 Å². The molecule has 2 atom stereocenters. The lowest BCUT2D eigenvalue weighted by Crippen LogP contribution is -2.58. The Morgan fingerprint density at radius 2 is 1.77 bits per heavy atom. The number of hydrogen-bond donors (Lipinski definition) is 0. The first-order chi connectivity index (χ1) is 20.5. The Bertz CT molecular complexity index is 1670. The Labute approximate surface area is 259 Å². The van der Waals surface area contributed by atoms with Crippen molar-refractivity contribution in [2.45, 2.75) is 50.0 Å². The lowest BCUT2D eigenvalue weighted by Gasteiger charge is -2.44. The van der Waals surface area contributed by atoms with E-state index < -0.39 is 17.4 Å². The van der Waals surface area contributed by atoms with Gasteiger partial charge in [0.25, 0.3) is 0 Å². The maximum Gasteiger partial charge on any atom is 0.417 e. The fourth-order valence-electron chi connectivity index (χ4n) is 5.58. The van der Waals surface area contributed by atoms with E-state index in [0.717, 1.165) is 17.4 Å². The summed E-state index contributed by atoms with van der Waals surface area (Å²) in [6.45, 7) is 8.31. The molecular weight excluding hydrogens is 621 g/mol. The minimum absolute atomic E-state index is 0.0530. The lowest BCUT2D eigenvalue weighted by molar-refractivity contribution is -0.137. The smallest absolute Gasteiger partial charge is 0.352 e. The van der Waals surface area contributed by atoms with Crippen LogP contribution in [-0.4, -0.2) is 61.3 Å². The van der Waals surface area contributed by atoms with Gasteiger partial charge in [-0.05, 0) is 44.2 Å². The first-order valence-corrected chi connectivity index (χ1v) is 15.7. The molecule has 14 heteroatoms. The number of rotatable bonds is 3. The van der Waals surface area contributed by atoms with Crippen LogP contribution in [0.4, 0.5) is 19.0 Å². The van der Waals surface area contributed by atoms with E-state index in [-0.39, 0.29) is 34.8 Å². The first-order valence-electron chi connectivity index (χ1n) is 13.5. The summed E-state index contributed by atoms with van der Waals surface area (Å²) in [6.07, 6.45) is 3.79. The molecule has 8 nitrogen and oxygen atoms in total. The molecule has 2 unspecified atom stereocenters. The number of benzene rings is 1. The molecule has 5 heterocycles. The Balaban J connectivity index is 0.000000548. The SMILES string of the molecule is C=CC(=O)N1C(C)CN(c2nc(=O)n3c4c(c(-c5cc(Cl)cs5)c(C(F)(F)F)cc24)SCCC3)CC1C.c1cnccn1. The highest BCUT2D eigenvalue weighted by molar-refractivity contribution is 7.99. The second-order valence-electron chi connectivity index (χ2n) is 10.2. The molecule has 2 aliphatic heterocycles. The number of amides is 1. The molecule has 226 valence electrons. The van der Waals surface area contributed by atoms with E-state index in [1.54, 1.807) is 35.1 Å². The number of aromatic nitrogens is 4. The minimum Gasteiger partial charge on any atom is -0.352 e. The number of hydrogen-bond acceptors (Lipinski definition) is 8. The summed E-state index contributed by atoms with van der Waals surface area (Å²) in [5, 5.41) is 2.25. The quantitative estimate of drug-likeness (QED) is 0.238. The molecule has 1 saturated heterocycles. The van der Waals surface area contributed by atoms with Crippen LogP contribution < -0.4 is 10.6 Å². The zero-order chi connectivity index (χ0) is 30.9. The van der Waals surface area contributed by atoms with Crippen LogP contribution in [-0.2, 0) is 17.5 Å². The lowest BCUT2D eigenvalue weighted by atomic mass is 10.0. The number of nitrogens with zero attached hydrogens (tertiary/aromatic N) is 6. The summed E-state index contributed by atoms with van der Waals surface area (Å²) < 4.78 is 45.2. The van der Waals surface area contributed by atoms with Gasteiger partial charge < -0.3 is 9.80 Å². The highest BCUT2D eigenvalue weighted by atomic mass is 35.5. The van der Waals surface area contributed by atoms with Crippen molar-refractivity contribution in [3.8, 4) is 10.4 Å². The molecule has 4 aromatic rings. The monoisotopic (exact) mass is 648 g/mol. The predicted molar refractivity (Wildman–Crippen MR) is 165 cm³/mol. The van der Waals surface area contributed by atoms with Crippen molar-refractivity contribution < 1.29 is 18.0 Å². The average Bonchev–Trinajstić information content (AvgIpc) is 3.28. The van der Waals surface area contributed by atoms with Crippen LogP contribution >= 0.6 is 34.7 Å². The highest BCUT2D eigenvalue weighted by Crippen LogP contribution is 2.49.